The fourth-order valence-electron chi connectivity index (χ4n) is 2.60. The summed E-state index contributed by atoms with van der Waals surface area (Å²) in [5.74, 6) is -0.483. The lowest BCUT2D eigenvalue weighted by atomic mass is 10.2. The number of aliphatic hydroxyl groups excluding tert-OH is 2. The first-order chi connectivity index (χ1) is 11.4. The van der Waals surface area contributed by atoms with Crippen LogP contribution in [0.15, 0.2) is 21.9 Å². The van der Waals surface area contributed by atoms with E-state index in [1.54, 1.807) is 10.7 Å². The normalized spacial score (nSPS) is 15.2. The van der Waals surface area contributed by atoms with E-state index in [2.05, 4.69) is 10.1 Å². The van der Waals surface area contributed by atoms with Gasteiger partial charge in [0.15, 0.2) is 0 Å². The second-order valence-electron chi connectivity index (χ2n) is 5.62. The number of aliphatic hydroxyl groups is 2. The minimum absolute atomic E-state index is 0.110. The number of nitrogens with one attached hydrogen (secondary N) is 1. The standard InChI is InChI=1S/C14H17N5O5/c1-17-6-9(12(22)15-14(17)24)13(23)18-2-3-19-8(5-18)4-10(16-19)11(21)7-20/h4,6,11,20-21H,2-3,5,7H2,1H3,(H,15,22,24)/t11-/m0/s1. The highest BCUT2D eigenvalue weighted by atomic mass is 16.3. The predicted molar refractivity (Wildman–Crippen MR) is 81.3 cm³/mol. The third-order valence-electron chi connectivity index (χ3n) is 3.96. The van der Waals surface area contributed by atoms with E-state index >= 15 is 0 Å². The Hall–Kier alpha value is -2.72. The molecule has 1 atom stereocenters. The Bertz CT molecular complexity index is 896. The first kappa shape index (κ1) is 16.1. The van der Waals surface area contributed by atoms with Gasteiger partial charge in [-0.3, -0.25) is 19.3 Å². The summed E-state index contributed by atoms with van der Waals surface area (Å²) in [6.07, 6.45) is 0.148. The molecule has 0 spiro atoms. The van der Waals surface area contributed by atoms with Crippen LogP contribution in [-0.2, 0) is 20.1 Å². The van der Waals surface area contributed by atoms with Crippen molar-refractivity contribution >= 4 is 5.91 Å². The van der Waals surface area contributed by atoms with Gasteiger partial charge in [0.1, 0.15) is 11.7 Å². The molecule has 2 aromatic rings. The summed E-state index contributed by atoms with van der Waals surface area (Å²) < 4.78 is 2.79. The van der Waals surface area contributed by atoms with Gasteiger partial charge in [0, 0.05) is 19.8 Å². The fourth-order valence-corrected chi connectivity index (χ4v) is 2.60. The van der Waals surface area contributed by atoms with Crippen LogP contribution in [0.4, 0.5) is 0 Å². The molecule has 1 aliphatic heterocycles. The van der Waals surface area contributed by atoms with Crippen LogP contribution in [0.2, 0.25) is 0 Å². The average molecular weight is 335 g/mol. The van der Waals surface area contributed by atoms with Crippen molar-refractivity contribution in [1.29, 1.82) is 0 Å². The molecule has 0 aliphatic carbocycles. The van der Waals surface area contributed by atoms with Crippen LogP contribution in [0.5, 0.6) is 0 Å². The van der Waals surface area contributed by atoms with Crippen molar-refractivity contribution in [3.63, 3.8) is 0 Å². The van der Waals surface area contributed by atoms with Gasteiger partial charge in [0.2, 0.25) is 0 Å². The quantitative estimate of drug-likeness (QED) is 0.591. The summed E-state index contributed by atoms with van der Waals surface area (Å²) in [5, 5.41) is 22.8. The third-order valence-corrected chi connectivity index (χ3v) is 3.96. The van der Waals surface area contributed by atoms with Crippen LogP contribution in [0.3, 0.4) is 0 Å². The summed E-state index contributed by atoms with van der Waals surface area (Å²) in [6, 6.07) is 1.62. The summed E-state index contributed by atoms with van der Waals surface area (Å²) >= 11 is 0. The SMILES string of the molecule is Cn1cc(C(=O)N2CCn3nc([C@@H](O)CO)cc3C2)c(=O)[nH]c1=O. The Labute approximate surface area is 135 Å². The number of H-pyrrole nitrogens is 1. The van der Waals surface area contributed by atoms with E-state index in [1.165, 1.54) is 18.1 Å². The Balaban J connectivity index is 1.86. The van der Waals surface area contributed by atoms with Crippen LogP contribution >= 0.6 is 0 Å². The van der Waals surface area contributed by atoms with E-state index in [-0.39, 0.29) is 12.1 Å². The number of fused-ring (bicyclic) bond motifs is 1. The molecule has 0 unspecified atom stereocenters. The van der Waals surface area contributed by atoms with Gasteiger partial charge in [0.05, 0.1) is 31.1 Å². The lowest BCUT2D eigenvalue weighted by Gasteiger charge is -2.27. The van der Waals surface area contributed by atoms with E-state index < -0.39 is 29.9 Å². The number of aryl methyl sites for hydroxylation is 1. The second kappa shape index (κ2) is 6.06. The van der Waals surface area contributed by atoms with E-state index in [9.17, 15) is 19.5 Å². The van der Waals surface area contributed by atoms with E-state index in [0.717, 1.165) is 4.57 Å². The van der Waals surface area contributed by atoms with Crippen molar-refractivity contribution in [2.24, 2.45) is 7.05 Å². The van der Waals surface area contributed by atoms with Gasteiger partial charge in [-0.2, -0.15) is 5.10 Å². The number of carbonyl (C=O) groups excluding carboxylic acids is 1. The Morgan fingerprint density at radius 2 is 2.17 bits per heavy atom. The van der Waals surface area contributed by atoms with Crippen molar-refractivity contribution < 1.29 is 15.0 Å². The monoisotopic (exact) mass is 335 g/mol. The molecule has 10 heteroatoms. The Morgan fingerprint density at radius 3 is 2.88 bits per heavy atom. The first-order valence-electron chi connectivity index (χ1n) is 7.35. The highest BCUT2D eigenvalue weighted by Crippen LogP contribution is 2.18. The molecule has 3 heterocycles. The van der Waals surface area contributed by atoms with Gasteiger partial charge in [-0.15, -0.1) is 0 Å². The van der Waals surface area contributed by atoms with Crippen LogP contribution in [-0.4, -0.2) is 53.5 Å². The maximum Gasteiger partial charge on any atom is 0.328 e. The molecule has 0 saturated heterocycles. The zero-order chi connectivity index (χ0) is 17.4. The molecule has 128 valence electrons. The minimum Gasteiger partial charge on any atom is -0.393 e. The molecule has 2 aromatic heterocycles. The number of hydrogen-bond acceptors (Lipinski definition) is 6. The van der Waals surface area contributed by atoms with E-state index in [4.69, 9.17) is 5.11 Å². The molecule has 24 heavy (non-hydrogen) atoms. The molecule has 10 nitrogen and oxygen atoms in total. The van der Waals surface area contributed by atoms with Crippen LogP contribution in [0.1, 0.15) is 27.8 Å². The van der Waals surface area contributed by atoms with Crippen LogP contribution in [0.25, 0.3) is 0 Å². The van der Waals surface area contributed by atoms with Crippen molar-refractivity contribution in [2.45, 2.75) is 19.2 Å². The van der Waals surface area contributed by atoms with Crippen LogP contribution in [0, 0.1) is 0 Å². The lowest BCUT2D eigenvalue weighted by molar-refractivity contribution is 0.0701. The lowest BCUT2D eigenvalue weighted by Crippen LogP contribution is -2.42. The number of rotatable bonds is 3. The molecule has 0 radical (unpaired) electrons. The Morgan fingerprint density at radius 1 is 1.42 bits per heavy atom. The summed E-state index contributed by atoms with van der Waals surface area (Å²) in [6.45, 7) is 0.520. The number of aromatic nitrogens is 4. The fraction of sp³-hybridized carbons (Fsp3) is 0.429. The van der Waals surface area contributed by atoms with Gasteiger partial charge >= 0.3 is 5.69 Å². The molecular formula is C14H17N5O5. The molecule has 3 rings (SSSR count). The molecular weight excluding hydrogens is 318 g/mol. The zero-order valence-corrected chi connectivity index (χ0v) is 13.0. The third kappa shape index (κ3) is 2.76. The highest BCUT2D eigenvalue weighted by molar-refractivity contribution is 5.93. The van der Waals surface area contributed by atoms with Gasteiger partial charge in [0.25, 0.3) is 11.5 Å². The number of aromatic amines is 1. The molecule has 0 aromatic carbocycles. The Kier molecular flexibility index (Phi) is 4.08. The highest BCUT2D eigenvalue weighted by Gasteiger charge is 2.26. The number of amides is 1. The number of carbonyl (C=O) groups is 1. The van der Waals surface area contributed by atoms with Crippen molar-refractivity contribution in [2.75, 3.05) is 13.2 Å². The number of hydrogen-bond donors (Lipinski definition) is 3. The smallest absolute Gasteiger partial charge is 0.328 e. The van der Waals surface area contributed by atoms with Crippen molar-refractivity contribution in [3.05, 3.63) is 50.1 Å². The van der Waals surface area contributed by atoms with Crippen molar-refractivity contribution in [1.82, 2.24) is 24.2 Å². The second-order valence-corrected chi connectivity index (χ2v) is 5.62. The summed E-state index contributed by atoms with van der Waals surface area (Å²) in [4.78, 5) is 39.4. The largest absolute Gasteiger partial charge is 0.393 e. The molecule has 1 aliphatic rings. The molecule has 0 fully saturated rings. The van der Waals surface area contributed by atoms with Gasteiger partial charge < -0.3 is 19.7 Å². The molecule has 3 N–H and O–H groups in total. The predicted octanol–water partition coefficient (Wildman–Crippen LogP) is -2.05. The number of nitrogens with zero attached hydrogens (tertiary/aromatic N) is 4. The molecule has 1 amide bonds. The zero-order valence-electron chi connectivity index (χ0n) is 13.0. The van der Waals surface area contributed by atoms with Crippen molar-refractivity contribution in [3.8, 4) is 0 Å². The van der Waals surface area contributed by atoms with Gasteiger partial charge in [-0.05, 0) is 6.07 Å². The molecule has 0 bridgehead atoms. The van der Waals surface area contributed by atoms with Gasteiger partial charge in [-0.1, -0.05) is 0 Å². The van der Waals surface area contributed by atoms with E-state index in [1.807, 2.05) is 0 Å². The maximum atomic E-state index is 12.6. The summed E-state index contributed by atoms with van der Waals surface area (Å²) in [7, 11) is 1.45. The van der Waals surface area contributed by atoms with Gasteiger partial charge in [-0.25, -0.2) is 4.79 Å². The summed E-state index contributed by atoms with van der Waals surface area (Å²) in [5.41, 5.74) is -0.393. The van der Waals surface area contributed by atoms with Crippen LogP contribution < -0.4 is 11.2 Å². The molecule has 0 saturated carbocycles. The minimum atomic E-state index is -1.07. The topological polar surface area (TPSA) is 133 Å². The first-order valence-corrected chi connectivity index (χ1v) is 7.35. The maximum absolute atomic E-state index is 12.6. The van der Waals surface area contributed by atoms with E-state index in [0.29, 0.717) is 24.5 Å². The average Bonchev–Trinajstić information content (AvgIpc) is 2.99.